The van der Waals surface area contributed by atoms with E-state index in [1.807, 2.05) is 6.07 Å². The van der Waals surface area contributed by atoms with Crippen molar-refractivity contribution in [1.82, 2.24) is 0 Å². The Morgan fingerprint density at radius 2 is 1.93 bits per heavy atom. The Balaban J connectivity index is 3.22. The lowest BCUT2D eigenvalue weighted by Crippen LogP contribution is -2.13. The molecule has 1 atom stereocenters. The van der Waals surface area contributed by atoms with Gasteiger partial charge in [-0.3, -0.25) is 0 Å². The van der Waals surface area contributed by atoms with E-state index in [0.717, 1.165) is 11.3 Å². The summed E-state index contributed by atoms with van der Waals surface area (Å²) in [6, 6.07) is 6.08. The number of hydrogen-bond acceptors (Lipinski definition) is 3. The number of benzene rings is 1. The molecule has 0 amide bonds. The van der Waals surface area contributed by atoms with Gasteiger partial charge in [0, 0.05) is 5.56 Å². The first-order chi connectivity index (χ1) is 6.86. The Kier molecular flexibility index (Phi) is 3.68. The van der Waals surface area contributed by atoms with Crippen molar-refractivity contribution in [3.63, 3.8) is 0 Å². The normalized spacial score (nSPS) is 13.7. The molecular formula is C12H19NOS. The SMILES string of the molecule is COc1ccc(C(C)(C)C)cc1C(N)S. The van der Waals surface area contributed by atoms with E-state index in [1.54, 1.807) is 7.11 Å². The fourth-order valence-electron chi connectivity index (χ4n) is 1.43. The largest absolute Gasteiger partial charge is 0.496 e. The fourth-order valence-corrected chi connectivity index (χ4v) is 1.63. The topological polar surface area (TPSA) is 35.2 Å². The average Bonchev–Trinajstić information content (AvgIpc) is 2.15. The molecule has 2 nitrogen and oxygen atoms in total. The molecule has 0 fully saturated rings. The number of hydrogen-bond donors (Lipinski definition) is 2. The average molecular weight is 225 g/mol. The van der Waals surface area contributed by atoms with Crippen LogP contribution in [-0.2, 0) is 5.41 Å². The second-order valence-electron chi connectivity index (χ2n) is 4.65. The zero-order valence-electron chi connectivity index (χ0n) is 9.74. The Bertz CT molecular complexity index is 342. The van der Waals surface area contributed by atoms with Crippen LogP contribution >= 0.6 is 12.6 Å². The molecule has 15 heavy (non-hydrogen) atoms. The maximum Gasteiger partial charge on any atom is 0.124 e. The monoisotopic (exact) mass is 225 g/mol. The highest BCUT2D eigenvalue weighted by Crippen LogP contribution is 2.31. The summed E-state index contributed by atoms with van der Waals surface area (Å²) in [6.45, 7) is 6.51. The Morgan fingerprint density at radius 1 is 1.33 bits per heavy atom. The Hall–Kier alpha value is -0.670. The molecule has 3 heteroatoms. The molecule has 0 saturated carbocycles. The van der Waals surface area contributed by atoms with Gasteiger partial charge in [-0.1, -0.05) is 26.8 Å². The summed E-state index contributed by atoms with van der Waals surface area (Å²) in [5.74, 6) is 0.797. The van der Waals surface area contributed by atoms with Crippen LogP contribution in [-0.4, -0.2) is 7.11 Å². The van der Waals surface area contributed by atoms with Crippen LogP contribution in [0.2, 0.25) is 0 Å². The summed E-state index contributed by atoms with van der Waals surface area (Å²) in [5.41, 5.74) is 8.08. The molecule has 2 N–H and O–H groups in total. The number of ether oxygens (including phenoxy) is 1. The maximum atomic E-state index is 5.79. The number of methoxy groups -OCH3 is 1. The second kappa shape index (κ2) is 4.45. The molecule has 0 aliphatic heterocycles. The second-order valence-corrected chi connectivity index (χ2v) is 5.21. The summed E-state index contributed by atoms with van der Waals surface area (Å²) in [7, 11) is 1.64. The first-order valence-corrected chi connectivity index (χ1v) is 5.50. The van der Waals surface area contributed by atoms with Gasteiger partial charge in [-0.05, 0) is 23.1 Å². The zero-order chi connectivity index (χ0) is 11.6. The van der Waals surface area contributed by atoms with Gasteiger partial charge < -0.3 is 10.5 Å². The van der Waals surface area contributed by atoms with Crippen LogP contribution in [0.3, 0.4) is 0 Å². The van der Waals surface area contributed by atoms with Crippen LogP contribution in [0, 0.1) is 0 Å². The van der Waals surface area contributed by atoms with E-state index in [1.165, 1.54) is 5.56 Å². The van der Waals surface area contributed by atoms with Crippen LogP contribution in [0.4, 0.5) is 0 Å². The van der Waals surface area contributed by atoms with E-state index in [0.29, 0.717) is 0 Å². The van der Waals surface area contributed by atoms with Gasteiger partial charge in [0.2, 0.25) is 0 Å². The number of thiol groups is 1. The third-order valence-electron chi connectivity index (χ3n) is 2.41. The van der Waals surface area contributed by atoms with Gasteiger partial charge in [0.05, 0.1) is 12.5 Å². The Labute approximate surface area is 97.2 Å². The molecule has 84 valence electrons. The van der Waals surface area contributed by atoms with E-state index >= 15 is 0 Å². The van der Waals surface area contributed by atoms with Crippen molar-refractivity contribution in [2.75, 3.05) is 7.11 Å². The smallest absolute Gasteiger partial charge is 0.124 e. The minimum absolute atomic E-state index is 0.115. The summed E-state index contributed by atoms with van der Waals surface area (Å²) >= 11 is 4.25. The van der Waals surface area contributed by atoms with Crippen molar-refractivity contribution in [1.29, 1.82) is 0 Å². The summed E-state index contributed by atoms with van der Waals surface area (Å²) < 4.78 is 5.25. The molecule has 0 saturated heterocycles. The van der Waals surface area contributed by atoms with Gasteiger partial charge in [-0.2, -0.15) is 12.6 Å². The maximum absolute atomic E-state index is 5.79. The lowest BCUT2D eigenvalue weighted by molar-refractivity contribution is 0.409. The highest BCUT2D eigenvalue weighted by molar-refractivity contribution is 7.80. The van der Waals surface area contributed by atoms with Crippen LogP contribution in [0.25, 0.3) is 0 Å². The van der Waals surface area contributed by atoms with Crippen LogP contribution in [0.1, 0.15) is 37.3 Å². The van der Waals surface area contributed by atoms with Crippen molar-refractivity contribution in [3.8, 4) is 5.75 Å². The van der Waals surface area contributed by atoms with Gasteiger partial charge in [0.15, 0.2) is 0 Å². The molecule has 1 rings (SSSR count). The number of nitrogens with two attached hydrogens (primary N) is 1. The van der Waals surface area contributed by atoms with Crippen molar-refractivity contribution < 1.29 is 4.74 Å². The van der Waals surface area contributed by atoms with E-state index in [4.69, 9.17) is 10.5 Å². The van der Waals surface area contributed by atoms with Gasteiger partial charge in [-0.25, -0.2) is 0 Å². The highest BCUT2D eigenvalue weighted by atomic mass is 32.1. The highest BCUT2D eigenvalue weighted by Gasteiger charge is 2.17. The predicted molar refractivity (Wildman–Crippen MR) is 67.6 cm³/mol. The fraction of sp³-hybridized carbons (Fsp3) is 0.500. The minimum atomic E-state index is -0.303. The molecule has 1 aromatic rings. The zero-order valence-corrected chi connectivity index (χ0v) is 10.6. The van der Waals surface area contributed by atoms with Gasteiger partial charge in [0.25, 0.3) is 0 Å². The third kappa shape index (κ3) is 2.89. The molecule has 0 radical (unpaired) electrons. The molecule has 0 aliphatic rings. The third-order valence-corrected chi connectivity index (χ3v) is 2.69. The van der Waals surface area contributed by atoms with Gasteiger partial charge in [0.1, 0.15) is 5.75 Å². The van der Waals surface area contributed by atoms with Crippen molar-refractivity contribution in [2.24, 2.45) is 5.73 Å². The molecule has 0 aliphatic carbocycles. The molecule has 0 bridgehead atoms. The summed E-state index contributed by atoms with van der Waals surface area (Å²) in [6.07, 6.45) is 0. The molecule has 1 unspecified atom stereocenters. The van der Waals surface area contributed by atoms with E-state index in [9.17, 15) is 0 Å². The lowest BCUT2D eigenvalue weighted by atomic mass is 9.86. The molecule has 0 heterocycles. The van der Waals surface area contributed by atoms with Crippen molar-refractivity contribution in [3.05, 3.63) is 29.3 Å². The number of rotatable bonds is 2. The molecule has 1 aromatic carbocycles. The van der Waals surface area contributed by atoms with Crippen molar-refractivity contribution in [2.45, 2.75) is 31.6 Å². The predicted octanol–water partition coefficient (Wildman–Crippen LogP) is 2.88. The van der Waals surface area contributed by atoms with E-state index in [2.05, 4.69) is 45.5 Å². The Morgan fingerprint density at radius 3 is 2.33 bits per heavy atom. The first-order valence-electron chi connectivity index (χ1n) is 4.98. The van der Waals surface area contributed by atoms with Crippen LogP contribution < -0.4 is 10.5 Å². The minimum Gasteiger partial charge on any atom is -0.496 e. The van der Waals surface area contributed by atoms with Crippen LogP contribution in [0.5, 0.6) is 5.75 Å². The van der Waals surface area contributed by atoms with E-state index < -0.39 is 0 Å². The standard InChI is InChI=1S/C12H19NOS/c1-12(2,3)8-5-6-10(14-4)9(7-8)11(13)15/h5-7,11,15H,13H2,1-4H3. The van der Waals surface area contributed by atoms with Crippen LogP contribution in [0.15, 0.2) is 18.2 Å². The van der Waals surface area contributed by atoms with Crippen molar-refractivity contribution >= 4 is 12.6 Å². The first kappa shape index (κ1) is 12.4. The van der Waals surface area contributed by atoms with Gasteiger partial charge in [-0.15, -0.1) is 0 Å². The quantitative estimate of drug-likeness (QED) is 0.599. The lowest BCUT2D eigenvalue weighted by Gasteiger charge is -2.21. The molecular weight excluding hydrogens is 206 g/mol. The molecule has 0 aromatic heterocycles. The summed E-state index contributed by atoms with van der Waals surface area (Å²) in [4.78, 5) is 0. The van der Waals surface area contributed by atoms with Gasteiger partial charge >= 0.3 is 0 Å². The molecule has 0 spiro atoms. The summed E-state index contributed by atoms with van der Waals surface area (Å²) in [5, 5.41) is -0.303. The van der Waals surface area contributed by atoms with E-state index in [-0.39, 0.29) is 10.8 Å².